The quantitative estimate of drug-likeness (QED) is 0.637. The Morgan fingerprint density at radius 1 is 1.07 bits per heavy atom. The second-order valence-electron chi connectivity index (χ2n) is 6.85. The standard InChI is InChI=1S/C22H24FN5O/c1-15-25-20(22(29)27-17-8-10-18(11-9-17)28(2)3)14-21(26-15)24-13-12-16-6-4-5-7-19(16)23/h4-11,14H,12-13H2,1-3H3,(H,27,29)(H,24,25,26). The molecule has 3 rings (SSSR count). The lowest BCUT2D eigenvalue weighted by atomic mass is 10.1. The fraction of sp³-hybridized carbons (Fsp3) is 0.227. The van der Waals surface area contributed by atoms with Gasteiger partial charge >= 0.3 is 0 Å². The first-order chi connectivity index (χ1) is 13.9. The zero-order valence-corrected chi connectivity index (χ0v) is 16.7. The number of anilines is 3. The van der Waals surface area contributed by atoms with E-state index in [4.69, 9.17) is 0 Å². The van der Waals surface area contributed by atoms with Gasteiger partial charge in [-0.2, -0.15) is 0 Å². The highest BCUT2D eigenvalue weighted by molar-refractivity contribution is 6.03. The van der Waals surface area contributed by atoms with E-state index in [1.807, 2.05) is 43.3 Å². The summed E-state index contributed by atoms with van der Waals surface area (Å²) in [5.74, 6) is 0.467. The van der Waals surface area contributed by atoms with Gasteiger partial charge in [0.15, 0.2) is 0 Å². The number of nitrogens with one attached hydrogen (secondary N) is 2. The Kier molecular flexibility index (Phi) is 6.39. The number of nitrogens with zero attached hydrogens (tertiary/aromatic N) is 3. The third-order valence-corrected chi connectivity index (χ3v) is 4.37. The van der Waals surface area contributed by atoms with Crippen molar-refractivity contribution in [2.24, 2.45) is 0 Å². The Labute approximate surface area is 169 Å². The third-order valence-electron chi connectivity index (χ3n) is 4.37. The molecule has 0 saturated carbocycles. The summed E-state index contributed by atoms with van der Waals surface area (Å²) in [6.07, 6.45) is 0.509. The maximum absolute atomic E-state index is 13.7. The van der Waals surface area contributed by atoms with Gasteiger partial charge in [0, 0.05) is 38.1 Å². The van der Waals surface area contributed by atoms with E-state index in [1.54, 1.807) is 31.2 Å². The molecule has 0 aliphatic carbocycles. The molecule has 0 saturated heterocycles. The van der Waals surface area contributed by atoms with Crippen molar-refractivity contribution in [1.82, 2.24) is 9.97 Å². The van der Waals surface area contributed by atoms with Gasteiger partial charge in [-0.15, -0.1) is 0 Å². The molecule has 0 atom stereocenters. The number of carbonyl (C=O) groups excluding carboxylic acids is 1. The van der Waals surface area contributed by atoms with Gasteiger partial charge in [0.1, 0.15) is 23.2 Å². The van der Waals surface area contributed by atoms with Crippen molar-refractivity contribution >= 4 is 23.1 Å². The van der Waals surface area contributed by atoms with Gasteiger partial charge in [-0.25, -0.2) is 14.4 Å². The summed E-state index contributed by atoms with van der Waals surface area (Å²) in [4.78, 5) is 23.1. The molecule has 0 fully saturated rings. The average molecular weight is 393 g/mol. The lowest BCUT2D eigenvalue weighted by Gasteiger charge is -2.13. The van der Waals surface area contributed by atoms with Crippen molar-refractivity contribution in [2.45, 2.75) is 13.3 Å². The third kappa shape index (κ3) is 5.51. The zero-order valence-electron chi connectivity index (χ0n) is 16.7. The second kappa shape index (κ2) is 9.14. The molecular formula is C22H24FN5O. The summed E-state index contributed by atoms with van der Waals surface area (Å²) < 4.78 is 13.7. The molecule has 2 aromatic carbocycles. The van der Waals surface area contributed by atoms with E-state index in [1.165, 1.54) is 6.07 Å². The van der Waals surface area contributed by atoms with Crippen LogP contribution in [-0.4, -0.2) is 36.5 Å². The van der Waals surface area contributed by atoms with Gasteiger partial charge in [0.25, 0.3) is 5.91 Å². The molecule has 3 aromatic rings. The van der Waals surface area contributed by atoms with Gasteiger partial charge in [0.05, 0.1) is 0 Å². The molecule has 1 amide bonds. The molecule has 1 heterocycles. The summed E-state index contributed by atoms with van der Waals surface area (Å²) in [5.41, 5.74) is 2.63. The van der Waals surface area contributed by atoms with Gasteiger partial charge in [0.2, 0.25) is 0 Å². The van der Waals surface area contributed by atoms with E-state index in [0.29, 0.717) is 35.9 Å². The Balaban J connectivity index is 1.64. The van der Waals surface area contributed by atoms with Crippen LogP contribution in [0.4, 0.5) is 21.6 Å². The van der Waals surface area contributed by atoms with Gasteiger partial charge in [-0.05, 0) is 49.2 Å². The Morgan fingerprint density at radius 2 is 1.79 bits per heavy atom. The summed E-state index contributed by atoms with van der Waals surface area (Å²) in [6.45, 7) is 2.22. The number of amides is 1. The molecule has 7 heteroatoms. The minimum Gasteiger partial charge on any atom is -0.378 e. The van der Waals surface area contributed by atoms with Crippen LogP contribution in [0.15, 0.2) is 54.6 Å². The highest BCUT2D eigenvalue weighted by Gasteiger charge is 2.11. The van der Waals surface area contributed by atoms with Crippen molar-refractivity contribution in [2.75, 3.05) is 36.2 Å². The average Bonchev–Trinajstić information content (AvgIpc) is 2.69. The van der Waals surface area contributed by atoms with Crippen molar-refractivity contribution < 1.29 is 9.18 Å². The largest absolute Gasteiger partial charge is 0.378 e. The van der Waals surface area contributed by atoms with E-state index in [9.17, 15) is 9.18 Å². The minimum atomic E-state index is -0.315. The molecule has 29 heavy (non-hydrogen) atoms. The second-order valence-corrected chi connectivity index (χ2v) is 6.85. The predicted molar refractivity (Wildman–Crippen MR) is 114 cm³/mol. The Bertz CT molecular complexity index is 989. The van der Waals surface area contributed by atoms with E-state index in [0.717, 1.165) is 5.69 Å². The zero-order chi connectivity index (χ0) is 20.8. The number of carbonyl (C=O) groups is 1. The van der Waals surface area contributed by atoms with Crippen LogP contribution in [0.3, 0.4) is 0 Å². The first-order valence-corrected chi connectivity index (χ1v) is 9.34. The first kappa shape index (κ1) is 20.3. The van der Waals surface area contributed by atoms with E-state index < -0.39 is 0 Å². The summed E-state index contributed by atoms with van der Waals surface area (Å²) in [6, 6.07) is 15.8. The monoisotopic (exact) mass is 393 g/mol. The lowest BCUT2D eigenvalue weighted by Crippen LogP contribution is -2.16. The predicted octanol–water partition coefficient (Wildman–Crippen LogP) is 3.90. The van der Waals surface area contributed by atoms with E-state index >= 15 is 0 Å². The molecule has 0 radical (unpaired) electrons. The molecule has 0 aliphatic heterocycles. The number of hydrogen-bond donors (Lipinski definition) is 2. The van der Waals surface area contributed by atoms with Crippen molar-refractivity contribution in [3.05, 3.63) is 77.5 Å². The molecule has 0 spiro atoms. The van der Waals surface area contributed by atoms with Crippen LogP contribution in [0.25, 0.3) is 0 Å². The lowest BCUT2D eigenvalue weighted by molar-refractivity contribution is 0.102. The fourth-order valence-corrected chi connectivity index (χ4v) is 2.84. The number of aryl methyl sites for hydroxylation is 1. The molecule has 0 unspecified atom stereocenters. The smallest absolute Gasteiger partial charge is 0.274 e. The van der Waals surface area contributed by atoms with Crippen molar-refractivity contribution in [1.29, 1.82) is 0 Å². The number of benzene rings is 2. The first-order valence-electron chi connectivity index (χ1n) is 9.34. The topological polar surface area (TPSA) is 70.2 Å². The summed E-state index contributed by atoms with van der Waals surface area (Å²) in [5, 5.41) is 5.98. The van der Waals surface area contributed by atoms with Crippen molar-refractivity contribution in [3.63, 3.8) is 0 Å². The molecule has 0 bridgehead atoms. The minimum absolute atomic E-state index is 0.228. The van der Waals surface area contributed by atoms with Crippen LogP contribution in [0, 0.1) is 12.7 Å². The normalized spacial score (nSPS) is 10.5. The van der Waals surface area contributed by atoms with Crippen LogP contribution in [-0.2, 0) is 6.42 Å². The van der Waals surface area contributed by atoms with Gasteiger partial charge < -0.3 is 15.5 Å². The molecule has 6 nitrogen and oxygen atoms in total. The number of rotatable bonds is 7. The van der Waals surface area contributed by atoms with Crippen LogP contribution >= 0.6 is 0 Å². The highest BCUT2D eigenvalue weighted by atomic mass is 19.1. The SMILES string of the molecule is Cc1nc(NCCc2ccccc2F)cc(C(=O)Nc2ccc(N(C)C)cc2)n1. The van der Waals surface area contributed by atoms with E-state index in [-0.39, 0.29) is 17.4 Å². The van der Waals surface area contributed by atoms with Gasteiger partial charge in [-0.1, -0.05) is 18.2 Å². The number of hydrogen-bond acceptors (Lipinski definition) is 5. The van der Waals surface area contributed by atoms with Crippen LogP contribution < -0.4 is 15.5 Å². The number of halogens is 1. The Morgan fingerprint density at radius 3 is 2.48 bits per heavy atom. The van der Waals surface area contributed by atoms with Crippen LogP contribution in [0.2, 0.25) is 0 Å². The van der Waals surface area contributed by atoms with Crippen LogP contribution in [0.5, 0.6) is 0 Å². The Hall–Kier alpha value is -3.48. The molecule has 0 aliphatic rings. The summed E-state index contributed by atoms with van der Waals surface area (Å²) in [7, 11) is 3.91. The van der Waals surface area contributed by atoms with Gasteiger partial charge in [-0.3, -0.25) is 4.79 Å². The highest BCUT2D eigenvalue weighted by Crippen LogP contribution is 2.17. The summed E-state index contributed by atoms with van der Waals surface area (Å²) >= 11 is 0. The molecule has 1 aromatic heterocycles. The fourth-order valence-electron chi connectivity index (χ4n) is 2.84. The molecule has 150 valence electrons. The van der Waals surface area contributed by atoms with Crippen LogP contribution in [0.1, 0.15) is 21.9 Å². The van der Waals surface area contributed by atoms with E-state index in [2.05, 4.69) is 20.6 Å². The van der Waals surface area contributed by atoms with Crippen molar-refractivity contribution in [3.8, 4) is 0 Å². The maximum Gasteiger partial charge on any atom is 0.274 e. The molecular weight excluding hydrogens is 369 g/mol. The number of aromatic nitrogens is 2. The maximum atomic E-state index is 13.7. The molecule has 2 N–H and O–H groups in total.